The predicted molar refractivity (Wildman–Crippen MR) is 65.8 cm³/mol. The van der Waals surface area contributed by atoms with Crippen LogP contribution < -0.4 is 4.90 Å². The lowest BCUT2D eigenvalue weighted by Gasteiger charge is -2.32. The van der Waals surface area contributed by atoms with Gasteiger partial charge in [0.05, 0.1) is 18.9 Å². The van der Waals surface area contributed by atoms with Gasteiger partial charge in [-0.2, -0.15) is 0 Å². The average Bonchev–Trinajstić information content (AvgIpc) is 2.54. The van der Waals surface area contributed by atoms with E-state index in [0.29, 0.717) is 13.2 Å². The van der Waals surface area contributed by atoms with Crippen molar-refractivity contribution in [1.29, 1.82) is 0 Å². The third kappa shape index (κ3) is 1.46. The standard InChI is InChI=1S/C12H12BrNO3/c1-14-10-7-8(13)3-4-9(10)12(11(14)15)16-5-2-6-17-12/h3-4,7H,2,5-6H2,1H3. The van der Waals surface area contributed by atoms with Gasteiger partial charge in [-0.3, -0.25) is 4.79 Å². The minimum Gasteiger partial charge on any atom is -0.338 e. The zero-order valence-corrected chi connectivity index (χ0v) is 11.0. The molecule has 2 heterocycles. The molecule has 2 aliphatic heterocycles. The fraction of sp³-hybridized carbons (Fsp3) is 0.417. The Morgan fingerprint density at radius 1 is 1.35 bits per heavy atom. The van der Waals surface area contributed by atoms with Crippen molar-refractivity contribution in [2.75, 3.05) is 25.2 Å². The highest BCUT2D eigenvalue weighted by Crippen LogP contribution is 2.45. The van der Waals surface area contributed by atoms with E-state index >= 15 is 0 Å². The molecule has 0 N–H and O–H groups in total. The molecule has 0 bridgehead atoms. The smallest absolute Gasteiger partial charge is 0.292 e. The summed E-state index contributed by atoms with van der Waals surface area (Å²) in [4.78, 5) is 13.9. The Bertz CT molecular complexity index is 483. The third-order valence-corrected chi connectivity index (χ3v) is 3.65. The first-order chi connectivity index (χ1) is 8.15. The monoisotopic (exact) mass is 297 g/mol. The zero-order chi connectivity index (χ0) is 12.0. The first-order valence-electron chi connectivity index (χ1n) is 5.51. The molecule has 1 aromatic carbocycles. The second-order valence-corrected chi connectivity index (χ2v) is 5.11. The molecule has 1 spiro atoms. The van der Waals surface area contributed by atoms with Gasteiger partial charge in [-0.05, 0) is 24.6 Å². The second-order valence-electron chi connectivity index (χ2n) is 4.19. The molecular weight excluding hydrogens is 286 g/mol. The molecule has 0 saturated carbocycles. The average molecular weight is 298 g/mol. The Kier molecular flexibility index (Phi) is 2.50. The number of hydrogen-bond donors (Lipinski definition) is 0. The fourth-order valence-electron chi connectivity index (χ4n) is 2.32. The minimum absolute atomic E-state index is 0.148. The summed E-state index contributed by atoms with van der Waals surface area (Å²) >= 11 is 3.41. The Morgan fingerprint density at radius 3 is 2.76 bits per heavy atom. The maximum absolute atomic E-state index is 12.3. The van der Waals surface area contributed by atoms with Crippen LogP contribution >= 0.6 is 15.9 Å². The summed E-state index contributed by atoms with van der Waals surface area (Å²) in [5, 5.41) is 0. The van der Waals surface area contributed by atoms with Gasteiger partial charge in [-0.15, -0.1) is 0 Å². The van der Waals surface area contributed by atoms with Crippen LogP contribution in [-0.4, -0.2) is 26.2 Å². The number of benzene rings is 1. The number of halogens is 1. The van der Waals surface area contributed by atoms with Crippen LogP contribution in [-0.2, 0) is 20.1 Å². The second kappa shape index (κ2) is 3.80. The van der Waals surface area contributed by atoms with E-state index in [2.05, 4.69) is 15.9 Å². The number of ether oxygens (including phenoxy) is 2. The van der Waals surface area contributed by atoms with E-state index in [1.54, 1.807) is 11.9 Å². The Balaban J connectivity index is 2.16. The molecule has 3 rings (SSSR count). The Labute approximate surface area is 108 Å². The zero-order valence-electron chi connectivity index (χ0n) is 9.40. The van der Waals surface area contributed by atoms with Crippen molar-refractivity contribution in [2.45, 2.75) is 12.2 Å². The van der Waals surface area contributed by atoms with Gasteiger partial charge in [0.25, 0.3) is 11.7 Å². The number of hydrogen-bond acceptors (Lipinski definition) is 3. The number of rotatable bonds is 0. The fourth-order valence-corrected chi connectivity index (χ4v) is 2.67. The molecular formula is C12H12BrNO3. The van der Waals surface area contributed by atoms with E-state index in [1.807, 2.05) is 18.2 Å². The lowest BCUT2D eigenvalue weighted by Crippen LogP contribution is -2.46. The minimum atomic E-state index is -1.21. The summed E-state index contributed by atoms with van der Waals surface area (Å²) in [5.74, 6) is -1.35. The molecule has 1 amide bonds. The summed E-state index contributed by atoms with van der Waals surface area (Å²) in [6.45, 7) is 1.10. The predicted octanol–water partition coefficient (Wildman–Crippen LogP) is 2.02. The molecule has 1 saturated heterocycles. The molecule has 0 aromatic heterocycles. The summed E-state index contributed by atoms with van der Waals surface area (Å²) < 4.78 is 12.2. The van der Waals surface area contributed by atoms with Gasteiger partial charge < -0.3 is 14.4 Å². The van der Waals surface area contributed by atoms with Crippen LogP contribution in [0.2, 0.25) is 0 Å². The number of carbonyl (C=O) groups is 1. The van der Waals surface area contributed by atoms with E-state index in [0.717, 1.165) is 22.1 Å². The summed E-state index contributed by atoms with van der Waals surface area (Å²) in [6.07, 6.45) is 0.824. The molecule has 1 aromatic rings. The van der Waals surface area contributed by atoms with E-state index < -0.39 is 5.79 Å². The maximum atomic E-state index is 12.3. The molecule has 5 heteroatoms. The topological polar surface area (TPSA) is 38.8 Å². The third-order valence-electron chi connectivity index (χ3n) is 3.16. The lowest BCUT2D eigenvalue weighted by molar-refractivity contribution is -0.256. The number of anilines is 1. The maximum Gasteiger partial charge on any atom is 0.292 e. The van der Waals surface area contributed by atoms with Gasteiger partial charge in [-0.1, -0.05) is 15.9 Å². The van der Waals surface area contributed by atoms with Crippen molar-refractivity contribution >= 4 is 27.5 Å². The van der Waals surface area contributed by atoms with Crippen LogP contribution in [0, 0.1) is 0 Å². The van der Waals surface area contributed by atoms with Crippen LogP contribution in [0.15, 0.2) is 22.7 Å². The lowest BCUT2D eigenvalue weighted by atomic mass is 10.1. The van der Waals surface area contributed by atoms with Crippen molar-refractivity contribution in [1.82, 2.24) is 0 Å². The molecule has 0 atom stereocenters. The first kappa shape index (κ1) is 11.2. The SMILES string of the molecule is CN1C(=O)C2(OCCCO2)c2ccc(Br)cc21. The van der Waals surface area contributed by atoms with Gasteiger partial charge in [-0.25, -0.2) is 0 Å². The summed E-state index contributed by atoms with van der Waals surface area (Å²) in [6, 6.07) is 5.68. The van der Waals surface area contributed by atoms with Crippen LogP contribution in [0.3, 0.4) is 0 Å². The van der Waals surface area contributed by atoms with Crippen LogP contribution in [0.5, 0.6) is 0 Å². The Morgan fingerprint density at radius 2 is 2.06 bits per heavy atom. The number of carbonyl (C=O) groups excluding carboxylic acids is 1. The van der Waals surface area contributed by atoms with Crippen LogP contribution in [0.1, 0.15) is 12.0 Å². The van der Waals surface area contributed by atoms with Crippen LogP contribution in [0.25, 0.3) is 0 Å². The van der Waals surface area contributed by atoms with Crippen molar-refractivity contribution in [2.24, 2.45) is 0 Å². The van der Waals surface area contributed by atoms with Gasteiger partial charge in [0.15, 0.2) is 0 Å². The van der Waals surface area contributed by atoms with E-state index in [-0.39, 0.29) is 5.91 Å². The number of likely N-dealkylation sites (N-methyl/N-ethyl adjacent to an activating group) is 1. The summed E-state index contributed by atoms with van der Waals surface area (Å²) in [7, 11) is 1.74. The number of nitrogens with zero attached hydrogens (tertiary/aromatic N) is 1. The van der Waals surface area contributed by atoms with Crippen molar-refractivity contribution in [3.05, 3.63) is 28.2 Å². The van der Waals surface area contributed by atoms with Gasteiger partial charge >= 0.3 is 0 Å². The normalized spacial score (nSPS) is 22.0. The van der Waals surface area contributed by atoms with E-state index in [9.17, 15) is 4.79 Å². The molecule has 17 heavy (non-hydrogen) atoms. The highest BCUT2D eigenvalue weighted by atomic mass is 79.9. The van der Waals surface area contributed by atoms with Gasteiger partial charge in [0.2, 0.25) is 0 Å². The highest BCUT2D eigenvalue weighted by Gasteiger charge is 2.53. The molecule has 0 unspecified atom stereocenters. The quantitative estimate of drug-likeness (QED) is 0.735. The number of fused-ring (bicyclic) bond motifs is 2. The molecule has 0 aliphatic carbocycles. The molecule has 90 valence electrons. The highest BCUT2D eigenvalue weighted by molar-refractivity contribution is 9.10. The molecule has 0 radical (unpaired) electrons. The summed E-state index contributed by atoms with van der Waals surface area (Å²) in [5.41, 5.74) is 1.64. The van der Waals surface area contributed by atoms with Gasteiger partial charge in [0.1, 0.15) is 0 Å². The van der Waals surface area contributed by atoms with E-state index in [4.69, 9.17) is 9.47 Å². The largest absolute Gasteiger partial charge is 0.338 e. The van der Waals surface area contributed by atoms with E-state index in [1.165, 1.54) is 0 Å². The van der Waals surface area contributed by atoms with Crippen molar-refractivity contribution in [3.8, 4) is 0 Å². The Hall–Kier alpha value is -0.910. The van der Waals surface area contributed by atoms with Crippen molar-refractivity contribution in [3.63, 3.8) is 0 Å². The van der Waals surface area contributed by atoms with Crippen LogP contribution in [0.4, 0.5) is 5.69 Å². The van der Waals surface area contributed by atoms with Crippen molar-refractivity contribution < 1.29 is 14.3 Å². The number of amides is 1. The molecule has 4 nitrogen and oxygen atoms in total. The molecule has 1 fully saturated rings. The molecule has 2 aliphatic rings. The van der Waals surface area contributed by atoms with Gasteiger partial charge in [0, 0.05) is 17.1 Å². The first-order valence-corrected chi connectivity index (χ1v) is 6.30.